The summed E-state index contributed by atoms with van der Waals surface area (Å²) in [5.41, 5.74) is 0.613. The number of benzene rings is 1. The third-order valence-corrected chi connectivity index (χ3v) is 2.49. The van der Waals surface area contributed by atoms with Crippen LogP contribution in [-0.4, -0.2) is 5.91 Å². The Hall–Kier alpha value is -1.24. The third-order valence-electron chi connectivity index (χ3n) is 1.75. The van der Waals surface area contributed by atoms with E-state index in [1.54, 1.807) is 18.2 Å². The first kappa shape index (κ1) is 11.8. The van der Waals surface area contributed by atoms with Crippen LogP contribution in [0, 0.1) is 11.3 Å². The Labute approximate surface area is 97.6 Å². The maximum Gasteiger partial charge on any atom is 0.218 e. The van der Waals surface area contributed by atoms with Crippen LogP contribution in [0.3, 0.4) is 0 Å². The number of nitrogens with zero attached hydrogens (tertiary/aromatic N) is 1. The van der Waals surface area contributed by atoms with Crippen molar-refractivity contribution in [2.24, 2.45) is 0 Å². The van der Waals surface area contributed by atoms with Crippen LogP contribution in [0.25, 0.3) is 0 Å². The summed E-state index contributed by atoms with van der Waals surface area (Å²) in [7, 11) is 0. The fraction of sp³-hybridized carbons (Fsp3) is 0.200. The molecule has 0 radical (unpaired) electrons. The Balaban J connectivity index is 2.98. The van der Waals surface area contributed by atoms with Gasteiger partial charge in [0.25, 0.3) is 0 Å². The predicted molar refractivity (Wildman–Crippen MR) is 58.6 cm³/mol. The van der Waals surface area contributed by atoms with Gasteiger partial charge in [0.05, 0.1) is 16.1 Å². The maximum absolute atomic E-state index is 10.8. The molecule has 0 aliphatic rings. The molecule has 1 N–H and O–H groups in total. The molecule has 1 unspecified atom stereocenters. The van der Waals surface area contributed by atoms with E-state index in [4.69, 9.17) is 28.5 Å². The summed E-state index contributed by atoms with van der Waals surface area (Å²) in [6, 6.07) is 6.07. The van der Waals surface area contributed by atoms with Gasteiger partial charge in [0.15, 0.2) is 0 Å². The maximum atomic E-state index is 10.8. The highest BCUT2D eigenvalue weighted by Gasteiger charge is 2.12. The molecule has 1 amide bonds. The molecule has 78 valence electrons. The predicted octanol–water partition coefficient (Wildman–Crippen LogP) is 2.69. The number of hydrogen-bond acceptors (Lipinski definition) is 2. The third kappa shape index (κ3) is 3.12. The zero-order chi connectivity index (χ0) is 11.4. The molecule has 0 saturated carbocycles. The van der Waals surface area contributed by atoms with Gasteiger partial charge in [0.2, 0.25) is 5.91 Å². The molecule has 1 atom stereocenters. The average molecular weight is 243 g/mol. The molecule has 1 rings (SSSR count). The smallest absolute Gasteiger partial charge is 0.218 e. The van der Waals surface area contributed by atoms with Crippen LogP contribution in [0.1, 0.15) is 18.5 Å². The van der Waals surface area contributed by atoms with Gasteiger partial charge in [-0.25, -0.2) is 0 Å². The average Bonchev–Trinajstić information content (AvgIpc) is 2.18. The van der Waals surface area contributed by atoms with Gasteiger partial charge in [-0.05, 0) is 17.7 Å². The minimum atomic E-state index is -0.697. The van der Waals surface area contributed by atoms with E-state index < -0.39 is 6.04 Å². The fourth-order valence-corrected chi connectivity index (χ4v) is 1.39. The van der Waals surface area contributed by atoms with E-state index in [-0.39, 0.29) is 5.91 Å². The molecule has 1 aromatic carbocycles. The van der Waals surface area contributed by atoms with Gasteiger partial charge in [0, 0.05) is 6.92 Å². The van der Waals surface area contributed by atoms with Crippen LogP contribution >= 0.6 is 23.2 Å². The Bertz CT molecular complexity index is 426. The Morgan fingerprint density at radius 1 is 1.47 bits per heavy atom. The first-order valence-electron chi connectivity index (χ1n) is 4.16. The summed E-state index contributed by atoms with van der Waals surface area (Å²) >= 11 is 11.5. The van der Waals surface area contributed by atoms with Gasteiger partial charge in [0.1, 0.15) is 6.04 Å². The van der Waals surface area contributed by atoms with Crippen molar-refractivity contribution in [3.63, 3.8) is 0 Å². The molecule has 15 heavy (non-hydrogen) atoms. The lowest BCUT2D eigenvalue weighted by molar-refractivity contribution is -0.119. The summed E-state index contributed by atoms with van der Waals surface area (Å²) in [6.07, 6.45) is 0. The van der Waals surface area contributed by atoms with E-state index >= 15 is 0 Å². The monoisotopic (exact) mass is 242 g/mol. The largest absolute Gasteiger partial charge is 0.337 e. The fourth-order valence-electron chi connectivity index (χ4n) is 1.09. The number of rotatable bonds is 2. The second-order valence-electron chi connectivity index (χ2n) is 2.94. The van der Waals surface area contributed by atoms with E-state index in [0.29, 0.717) is 15.6 Å². The number of hydrogen-bond donors (Lipinski definition) is 1. The topological polar surface area (TPSA) is 52.9 Å². The molecular formula is C10H8Cl2N2O. The normalized spacial score (nSPS) is 11.6. The number of carbonyl (C=O) groups is 1. The molecule has 0 fully saturated rings. The Morgan fingerprint density at radius 3 is 2.60 bits per heavy atom. The lowest BCUT2D eigenvalue weighted by atomic mass is 10.1. The first-order valence-corrected chi connectivity index (χ1v) is 4.92. The van der Waals surface area contributed by atoms with E-state index in [1.807, 2.05) is 6.07 Å². The second-order valence-corrected chi connectivity index (χ2v) is 3.75. The Morgan fingerprint density at radius 2 is 2.13 bits per heavy atom. The van der Waals surface area contributed by atoms with Crippen LogP contribution in [0.2, 0.25) is 10.0 Å². The molecule has 0 aliphatic heterocycles. The van der Waals surface area contributed by atoms with Crippen molar-refractivity contribution < 1.29 is 4.79 Å². The number of nitrogens with one attached hydrogen (secondary N) is 1. The zero-order valence-electron chi connectivity index (χ0n) is 7.92. The van der Waals surface area contributed by atoms with Gasteiger partial charge in [-0.1, -0.05) is 29.3 Å². The van der Waals surface area contributed by atoms with Crippen LogP contribution in [0.4, 0.5) is 0 Å². The molecule has 5 heteroatoms. The number of nitriles is 1. The first-order chi connectivity index (χ1) is 7.04. The van der Waals surface area contributed by atoms with Gasteiger partial charge >= 0.3 is 0 Å². The van der Waals surface area contributed by atoms with Crippen LogP contribution in [0.15, 0.2) is 18.2 Å². The van der Waals surface area contributed by atoms with Gasteiger partial charge in [-0.3, -0.25) is 4.79 Å². The summed E-state index contributed by atoms with van der Waals surface area (Å²) in [6.45, 7) is 1.35. The Kier molecular flexibility index (Phi) is 3.96. The van der Waals surface area contributed by atoms with Crippen molar-refractivity contribution in [2.75, 3.05) is 0 Å². The lowest BCUT2D eigenvalue weighted by Gasteiger charge is -2.10. The molecule has 0 saturated heterocycles. The second kappa shape index (κ2) is 5.01. The number of carbonyl (C=O) groups excluding carboxylic acids is 1. The van der Waals surface area contributed by atoms with Gasteiger partial charge < -0.3 is 5.32 Å². The standard InChI is InChI=1S/C10H8Cl2N2O/c1-6(15)14-10(5-13)7-2-3-8(11)9(12)4-7/h2-4,10H,1H3,(H,14,15). The quantitative estimate of drug-likeness (QED) is 0.868. The summed E-state index contributed by atoms with van der Waals surface area (Å²) in [4.78, 5) is 10.8. The molecule has 0 heterocycles. The van der Waals surface area contributed by atoms with Crippen molar-refractivity contribution in [1.82, 2.24) is 5.32 Å². The van der Waals surface area contributed by atoms with Gasteiger partial charge in [-0.15, -0.1) is 0 Å². The highest BCUT2D eigenvalue weighted by Crippen LogP contribution is 2.25. The molecule has 3 nitrogen and oxygen atoms in total. The van der Waals surface area contributed by atoms with E-state index in [1.165, 1.54) is 6.92 Å². The van der Waals surface area contributed by atoms with E-state index in [9.17, 15) is 4.79 Å². The van der Waals surface area contributed by atoms with Crippen molar-refractivity contribution in [1.29, 1.82) is 5.26 Å². The number of halogens is 2. The lowest BCUT2D eigenvalue weighted by Crippen LogP contribution is -2.24. The van der Waals surface area contributed by atoms with E-state index in [0.717, 1.165) is 0 Å². The van der Waals surface area contributed by atoms with Crippen molar-refractivity contribution in [3.05, 3.63) is 33.8 Å². The molecule has 0 aliphatic carbocycles. The summed E-state index contributed by atoms with van der Waals surface area (Å²) in [5.74, 6) is -0.271. The molecule has 0 spiro atoms. The highest BCUT2D eigenvalue weighted by molar-refractivity contribution is 6.42. The minimum absolute atomic E-state index is 0.271. The van der Waals surface area contributed by atoms with Crippen LogP contribution in [-0.2, 0) is 4.79 Å². The molecule has 0 aromatic heterocycles. The molecule has 0 bridgehead atoms. The number of amides is 1. The molecule has 1 aromatic rings. The minimum Gasteiger partial charge on any atom is -0.337 e. The van der Waals surface area contributed by atoms with Crippen LogP contribution in [0.5, 0.6) is 0 Å². The SMILES string of the molecule is CC(=O)NC(C#N)c1ccc(Cl)c(Cl)c1. The van der Waals surface area contributed by atoms with E-state index in [2.05, 4.69) is 5.32 Å². The van der Waals surface area contributed by atoms with Gasteiger partial charge in [-0.2, -0.15) is 5.26 Å². The van der Waals surface area contributed by atoms with Crippen molar-refractivity contribution in [3.8, 4) is 6.07 Å². The van der Waals surface area contributed by atoms with Crippen molar-refractivity contribution >= 4 is 29.1 Å². The molecular weight excluding hydrogens is 235 g/mol. The summed E-state index contributed by atoms with van der Waals surface area (Å²) < 4.78 is 0. The summed E-state index contributed by atoms with van der Waals surface area (Å²) in [5, 5.41) is 12.1. The highest BCUT2D eigenvalue weighted by atomic mass is 35.5. The van der Waals surface area contributed by atoms with Crippen molar-refractivity contribution in [2.45, 2.75) is 13.0 Å². The zero-order valence-corrected chi connectivity index (χ0v) is 9.43. The van der Waals surface area contributed by atoms with Crippen LogP contribution < -0.4 is 5.32 Å².